The second kappa shape index (κ2) is 4.86. The van der Waals surface area contributed by atoms with Gasteiger partial charge in [0.1, 0.15) is 0 Å². The molecule has 1 heterocycles. The van der Waals surface area contributed by atoms with Gasteiger partial charge in [0, 0.05) is 17.2 Å². The van der Waals surface area contributed by atoms with Crippen LogP contribution in [0.2, 0.25) is 0 Å². The van der Waals surface area contributed by atoms with Crippen LogP contribution in [-0.2, 0) is 6.54 Å². The van der Waals surface area contributed by atoms with Crippen molar-refractivity contribution in [3.05, 3.63) is 16.4 Å². The van der Waals surface area contributed by atoms with Crippen LogP contribution in [-0.4, -0.2) is 36.7 Å². The Morgan fingerprint density at radius 1 is 1.86 bits per heavy atom. The summed E-state index contributed by atoms with van der Waals surface area (Å²) in [6.45, 7) is -0.0161. The second-order valence-electron chi connectivity index (χ2n) is 2.45. The molecule has 1 aromatic rings. The van der Waals surface area contributed by atoms with Crippen LogP contribution in [0.1, 0.15) is 0 Å². The molecule has 0 saturated heterocycles. The van der Waals surface area contributed by atoms with Crippen LogP contribution in [0.3, 0.4) is 0 Å². The smallest absolute Gasteiger partial charge is 0.390 e. The minimum Gasteiger partial charge on any atom is -0.390 e. The highest BCUT2D eigenvalue weighted by Crippen LogP contribution is 2.06. The maximum atomic E-state index is 11.7. The van der Waals surface area contributed by atoms with E-state index >= 15 is 0 Å². The zero-order valence-corrected chi connectivity index (χ0v) is 7.72. The van der Waals surface area contributed by atoms with Gasteiger partial charge in [-0.25, -0.2) is 0 Å². The summed E-state index contributed by atoms with van der Waals surface area (Å²) in [4.78, 5) is 12.8. The Labute approximate surface area is 82.4 Å². The maximum Gasteiger partial charge on any atom is 0.490 e. The standard InChI is InChI=1S/C5H7FN4O3S/c6-14-2-4(11)1-9-3-7-5(8-9)10(12)13/h3-4,11H,1-2H2. The first-order valence-corrected chi connectivity index (χ1v) is 4.47. The fraction of sp³-hybridized carbons (Fsp3) is 0.600. The number of rotatable bonds is 5. The number of hydrogen-bond acceptors (Lipinski definition) is 6. The van der Waals surface area contributed by atoms with Gasteiger partial charge in [-0.2, -0.15) is 8.57 Å². The van der Waals surface area contributed by atoms with Gasteiger partial charge in [-0.3, -0.25) is 0 Å². The molecule has 0 aliphatic carbocycles. The molecule has 0 amide bonds. The predicted octanol–water partition coefficient (Wildman–Crippen LogP) is 0.165. The van der Waals surface area contributed by atoms with Gasteiger partial charge in [0.05, 0.1) is 18.4 Å². The van der Waals surface area contributed by atoms with Crippen molar-refractivity contribution in [2.45, 2.75) is 12.6 Å². The third-order valence-corrected chi connectivity index (χ3v) is 1.85. The first kappa shape index (κ1) is 10.9. The van der Waals surface area contributed by atoms with Crippen LogP contribution in [0.5, 0.6) is 0 Å². The Bertz CT molecular complexity index is 320. The molecular weight excluding hydrogens is 215 g/mol. The summed E-state index contributed by atoms with van der Waals surface area (Å²) in [6.07, 6.45) is 0.177. The van der Waals surface area contributed by atoms with Gasteiger partial charge >= 0.3 is 5.95 Å². The number of aromatic nitrogens is 3. The highest BCUT2D eigenvalue weighted by Gasteiger charge is 2.15. The lowest BCUT2D eigenvalue weighted by Crippen LogP contribution is -2.18. The Hall–Kier alpha value is -1.22. The molecule has 78 valence electrons. The van der Waals surface area contributed by atoms with E-state index in [1.54, 1.807) is 0 Å². The minimum atomic E-state index is -0.939. The van der Waals surface area contributed by atoms with Crippen molar-refractivity contribution >= 4 is 18.1 Å². The SMILES string of the molecule is O=[N+]([O-])c1ncn(CC(O)CSF)n1. The molecule has 0 aliphatic rings. The molecule has 1 N–H and O–H groups in total. The quantitative estimate of drug-likeness (QED) is 0.563. The van der Waals surface area contributed by atoms with Crippen molar-refractivity contribution in [1.82, 2.24) is 14.8 Å². The van der Waals surface area contributed by atoms with E-state index in [2.05, 4.69) is 10.1 Å². The first-order valence-electron chi connectivity index (χ1n) is 3.59. The molecule has 7 nitrogen and oxygen atoms in total. The van der Waals surface area contributed by atoms with E-state index in [-0.39, 0.29) is 24.4 Å². The molecule has 14 heavy (non-hydrogen) atoms. The topological polar surface area (TPSA) is 94.1 Å². The molecule has 0 radical (unpaired) electrons. The van der Waals surface area contributed by atoms with Crippen molar-refractivity contribution in [2.75, 3.05) is 5.75 Å². The third kappa shape index (κ3) is 2.92. The van der Waals surface area contributed by atoms with E-state index in [4.69, 9.17) is 5.11 Å². The van der Waals surface area contributed by atoms with Gasteiger partial charge in [-0.05, 0) is 4.92 Å². The fourth-order valence-electron chi connectivity index (χ4n) is 0.798. The number of nitrogens with zero attached hydrogens (tertiary/aromatic N) is 4. The van der Waals surface area contributed by atoms with E-state index < -0.39 is 17.0 Å². The average Bonchev–Trinajstić information content (AvgIpc) is 2.53. The molecule has 1 atom stereocenters. The molecule has 0 spiro atoms. The van der Waals surface area contributed by atoms with Gasteiger partial charge < -0.3 is 15.2 Å². The monoisotopic (exact) mass is 222 g/mol. The second-order valence-corrected chi connectivity index (χ2v) is 3.00. The summed E-state index contributed by atoms with van der Waals surface area (Å²) < 4.78 is 12.8. The Balaban J connectivity index is 2.55. The molecule has 1 aromatic heterocycles. The Kier molecular flexibility index (Phi) is 3.77. The normalized spacial score (nSPS) is 12.7. The van der Waals surface area contributed by atoms with Crippen molar-refractivity contribution in [2.24, 2.45) is 0 Å². The van der Waals surface area contributed by atoms with E-state index in [0.29, 0.717) is 0 Å². The molecule has 0 aromatic carbocycles. The van der Waals surface area contributed by atoms with Gasteiger partial charge in [-0.15, -0.1) is 0 Å². The number of aliphatic hydroxyl groups excluding tert-OH is 1. The molecule has 0 saturated carbocycles. The summed E-state index contributed by atoms with van der Waals surface area (Å²) in [6, 6.07) is 0. The zero-order chi connectivity index (χ0) is 10.6. The number of hydrogen-bond donors (Lipinski definition) is 1. The third-order valence-electron chi connectivity index (χ3n) is 1.34. The molecular formula is C5H7FN4O3S. The van der Waals surface area contributed by atoms with Crippen molar-refractivity contribution in [3.63, 3.8) is 0 Å². The van der Waals surface area contributed by atoms with Crippen LogP contribution in [0, 0.1) is 10.1 Å². The Morgan fingerprint density at radius 2 is 2.57 bits per heavy atom. The minimum absolute atomic E-state index is 0.00332. The number of nitro groups is 1. The van der Waals surface area contributed by atoms with Gasteiger partial charge in [0.25, 0.3) is 0 Å². The van der Waals surface area contributed by atoms with Crippen LogP contribution < -0.4 is 0 Å². The predicted molar refractivity (Wildman–Crippen MR) is 46.2 cm³/mol. The highest BCUT2D eigenvalue weighted by molar-refractivity contribution is 7.94. The summed E-state index contributed by atoms with van der Waals surface area (Å²) in [5, 5.41) is 22.7. The molecule has 0 bridgehead atoms. The van der Waals surface area contributed by atoms with Gasteiger partial charge in [0.15, 0.2) is 0 Å². The van der Waals surface area contributed by atoms with E-state index in [0.717, 1.165) is 11.0 Å². The summed E-state index contributed by atoms with van der Waals surface area (Å²) in [5.74, 6) is -0.640. The lowest BCUT2D eigenvalue weighted by Gasteiger charge is -2.03. The lowest BCUT2D eigenvalue weighted by atomic mass is 10.4. The number of halogens is 1. The maximum absolute atomic E-state index is 11.7. The van der Waals surface area contributed by atoms with Gasteiger partial charge in [0.2, 0.25) is 6.33 Å². The molecule has 1 rings (SSSR count). The summed E-state index contributed by atoms with van der Waals surface area (Å²) >= 11 is -0.00332. The number of aliphatic hydroxyl groups is 1. The fourth-order valence-corrected chi connectivity index (χ4v) is 1.05. The van der Waals surface area contributed by atoms with Crippen LogP contribution in [0.25, 0.3) is 0 Å². The largest absolute Gasteiger partial charge is 0.490 e. The molecule has 1 unspecified atom stereocenters. The Morgan fingerprint density at radius 3 is 3.07 bits per heavy atom. The van der Waals surface area contributed by atoms with Crippen LogP contribution in [0.15, 0.2) is 6.33 Å². The lowest BCUT2D eigenvalue weighted by molar-refractivity contribution is -0.394. The first-order chi connectivity index (χ1) is 6.63. The van der Waals surface area contributed by atoms with Crippen molar-refractivity contribution < 1.29 is 13.9 Å². The highest BCUT2D eigenvalue weighted by atomic mass is 32.2. The van der Waals surface area contributed by atoms with Crippen molar-refractivity contribution in [3.8, 4) is 0 Å². The van der Waals surface area contributed by atoms with E-state index in [1.807, 2.05) is 0 Å². The van der Waals surface area contributed by atoms with E-state index in [1.165, 1.54) is 0 Å². The van der Waals surface area contributed by atoms with Crippen LogP contribution in [0.4, 0.5) is 9.83 Å². The van der Waals surface area contributed by atoms with Gasteiger partial charge in [-0.1, -0.05) is 4.98 Å². The summed E-state index contributed by atoms with van der Waals surface area (Å²) in [7, 11) is 0. The van der Waals surface area contributed by atoms with Crippen molar-refractivity contribution in [1.29, 1.82) is 0 Å². The molecule has 9 heteroatoms. The average molecular weight is 222 g/mol. The molecule has 0 aliphatic heterocycles. The van der Waals surface area contributed by atoms with E-state index in [9.17, 15) is 14.0 Å². The summed E-state index contributed by atoms with van der Waals surface area (Å²) in [5.41, 5.74) is 0. The zero-order valence-electron chi connectivity index (χ0n) is 6.91. The molecule has 0 fully saturated rings. The van der Waals surface area contributed by atoms with Crippen LogP contribution >= 0.6 is 12.1 Å².